The normalized spacial score (nSPS) is 12.9. The van der Waals surface area contributed by atoms with Gasteiger partial charge in [-0.2, -0.15) is 5.48 Å². The van der Waals surface area contributed by atoms with Crippen LogP contribution in [0, 0.1) is 0 Å². The zero-order valence-corrected chi connectivity index (χ0v) is 18.5. The van der Waals surface area contributed by atoms with E-state index in [1.807, 2.05) is 34.6 Å². The molecule has 3 atom stereocenters. The Labute approximate surface area is 165 Å². The highest BCUT2D eigenvalue weighted by Gasteiger charge is 2.02. The third-order valence-electron chi connectivity index (χ3n) is 3.18. The number of carbonyl (C=O) groups excluding carboxylic acids is 2. The second-order valence-corrected chi connectivity index (χ2v) is 6.23. The lowest BCUT2D eigenvalue weighted by Gasteiger charge is -2.11. The average Bonchev–Trinajstić information content (AvgIpc) is 2.61. The van der Waals surface area contributed by atoms with E-state index in [2.05, 4.69) is 12.1 Å². The molecule has 0 aliphatic heterocycles. The van der Waals surface area contributed by atoms with Gasteiger partial charge in [-0.05, 0) is 47.0 Å². The molecule has 162 valence electrons. The fourth-order valence-electron chi connectivity index (χ4n) is 0.960. The lowest BCUT2D eigenvalue weighted by atomic mass is 10.3. The maximum Gasteiger partial charge on any atom is 0.333 e. The van der Waals surface area contributed by atoms with Crippen LogP contribution >= 0.6 is 0 Å². The molecule has 0 fully saturated rings. The van der Waals surface area contributed by atoms with Gasteiger partial charge in [-0.25, -0.2) is 4.79 Å². The molecule has 27 heavy (non-hydrogen) atoms. The van der Waals surface area contributed by atoms with Gasteiger partial charge in [0.1, 0.15) is 6.61 Å². The SMILES string of the molecule is C=C(C)C(=O)OCCNOC(C)CC.CCC(C)O.CCC(C)OC(C)=O. The lowest BCUT2D eigenvalue weighted by molar-refractivity contribution is -0.145. The highest BCUT2D eigenvalue weighted by molar-refractivity contribution is 5.86. The number of esters is 2. The summed E-state index contributed by atoms with van der Waals surface area (Å²) < 4.78 is 9.60. The van der Waals surface area contributed by atoms with Crippen LogP contribution in [-0.4, -0.2) is 48.5 Å². The van der Waals surface area contributed by atoms with Crippen LogP contribution in [0.3, 0.4) is 0 Å². The van der Waals surface area contributed by atoms with Gasteiger partial charge in [0.25, 0.3) is 0 Å². The van der Waals surface area contributed by atoms with E-state index < -0.39 is 0 Å². The predicted molar refractivity (Wildman–Crippen MR) is 108 cm³/mol. The van der Waals surface area contributed by atoms with Crippen molar-refractivity contribution in [3.05, 3.63) is 12.2 Å². The molecule has 0 aliphatic rings. The highest BCUT2D eigenvalue weighted by atomic mass is 16.7. The number of hydrogen-bond donors (Lipinski definition) is 2. The second-order valence-electron chi connectivity index (χ2n) is 6.23. The van der Waals surface area contributed by atoms with Crippen molar-refractivity contribution >= 4 is 11.9 Å². The number of hydroxylamine groups is 1. The standard InChI is InChI=1S/C10H19NO3.C6H12O2.C4H10O/c1-5-9(4)14-11-6-7-13-10(12)8(2)3;1-4-5(2)8-6(3)7;1-3-4(2)5/h9,11H,2,5-7H2,1,3-4H3;5H,4H2,1-3H3;4-5H,3H2,1-2H3. The van der Waals surface area contributed by atoms with Gasteiger partial charge >= 0.3 is 11.9 Å². The van der Waals surface area contributed by atoms with Gasteiger partial charge < -0.3 is 14.6 Å². The maximum absolute atomic E-state index is 10.9. The van der Waals surface area contributed by atoms with Gasteiger partial charge in [-0.1, -0.05) is 27.4 Å². The third kappa shape index (κ3) is 29.6. The van der Waals surface area contributed by atoms with Crippen molar-refractivity contribution in [1.82, 2.24) is 5.48 Å². The number of aliphatic hydroxyl groups is 1. The minimum Gasteiger partial charge on any atom is -0.463 e. The van der Waals surface area contributed by atoms with Gasteiger partial charge in [0.2, 0.25) is 0 Å². The van der Waals surface area contributed by atoms with E-state index in [1.54, 1.807) is 13.8 Å². The van der Waals surface area contributed by atoms with Crippen molar-refractivity contribution in [3.8, 4) is 0 Å². The first kappa shape index (κ1) is 30.3. The number of nitrogens with one attached hydrogen (secondary N) is 1. The quantitative estimate of drug-likeness (QED) is 0.254. The van der Waals surface area contributed by atoms with Crippen molar-refractivity contribution in [2.75, 3.05) is 13.2 Å². The van der Waals surface area contributed by atoms with E-state index in [4.69, 9.17) is 19.4 Å². The summed E-state index contributed by atoms with van der Waals surface area (Å²) in [6.07, 6.45) is 2.83. The summed E-state index contributed by atoms with van der Waals surface area (Å²) in [5.74, 6) is -0.560. The van der Waals surface area contributed by atoms with Crippen LogP contribution in [-0.2, 0) is 23.9 Å². The molecule has 0 aliphatic carbocycles. The van der Waals surface area contributed by atoms with E-state index in [0.717, 1.165) is 19.3 Å². The number of carbonyl (C=O) groups is 2. The molecule has 0 aromatic heterocycles. The fraction of sp³-hybridized carbons (Fsp3) is 0.800. The Kier molecular flexibility index (Phi) is 23.4. The van der Waals surface area contributed by atoms with Gasteiger partial charge in [-0.3, -0.25) is 9.63 Å². The highest BCUT2D eigenvalue weighted by Crippen LogP contribution is 1.94. The first-order valence-corrected chi connectivity index (χ1v) is 9.57. The molecule has 7 nitrogen and oxygen atoms in total. The summed E-state index contributed by atoms with van der Waals surface area (Å²) in [5.41, 5.74) is 3.13. The third-order valence-corrected chi connectivity index (χ3v) is 3.18. The molecular weight excluding hydrogens is 350 g/mol. The van der Waals surface area contributed by atoms with Gasteiger partial charge in [0.05, 0.1) is 24.9 Å². The minimum absolute atomic E-state index is 0.0764. The minimum atomic E-state index is -0.365. The smallest absolute Gasteiger partial charge is 0.333 e. The number of aliphatic hydroxyl groups excluding tert-OH is 1. The summed E-state index contributed by atoms with van der Waals surface area (Å²) in [5, 5.41) is 8.36. The van der Waals surface area contributed by atoms with E-state index in [9.17, 15) is 9.59 Å². The van der Waals surface area contributed by atoms with Crippen LogP contribution in [0.25, 0.3) is 0 Å². The molecule has 2 N–H and O–H groups in total. The monoisotopic (exact) mass is 391 g/mol. The zero-order chi connectivity index (χ0) is 21.8. The molecular formula is C20H41NO6. The topological polar surface area (TPSA) is 94.1 Å². The summed E-state index contributed by atoms with van der Waals surface area (Å²) in [4.78, 5) is 26.3. The van der Waals surface area contributed by atoms with E-state index in [-0.39, 0.29) is 30.3 Å². The van der Waals surface area contributed by atoms with Crippen LogP contribution in [0.4, 0.5) is 0 Å². The Morgan fingerprint density at radius 2 is 1.48 bits per heavy atom. The summed E-state index contributed by atoms with van der Waals surface area (Å²) in [6, 6.07) is 0. The molecule has 0 saturated carbocycles. The molecule has 0 aromatic rings. The second kappa shape index (κ2) is 20.9. The lowest BCUT2D eigenvalue weighted by Crippen LogP contribution is -2.25. The summed E-state index contributed by atoms with van der Waals surface area (Å²) in [7, 11) is 0. The van der Waals surface area contributed by atoms with Gasteiger partial charge in [0, 0.05) is 12.5 Å². The number of ether oxygens (including phenoxy) is 2. The van der Waals surface area contributed by atoms with Crippen molar-refractivity contribution in [2.24, 2.45) is 0 Å². The van der Waals surface area contributed by atoms with Crippen LogP contribution in [0.5, 0.6) is 0 Å². The Morgan fingerprint density at radius 3 is 1.78 bits per heavy atom. The van der Waals surface area contributed by atoms with Crippen LogP contribution in [0.15, 0.2) is 12.2 Å². The van der Waals surface area contributed by atoms with Crippen LogP contribution in [0.2, 0.25) is 0 Å². The molecule has 0 rings (SSSR count). The Balaban J connectivity index is -0.000000372. The number of rotatable bonds is 10. The zero-order valence-electron chi connectivity index (χ0n) is 18.5. The molecule has 0 spiro atoms. The summed E-state index contributed by atoms with van der Waals surface area (Å²) >= 11 is 0. The molecule has 0 amide bonds. The Morgan fingerprint density at radius 1 is 1.00 bits per heavy atom. The predicted octanol–water partition coefficient (Wildman–Crippen LogP) is 3.55. The maximum atomic E-state index is 10.9. The Bertz CT molecular complexity index is 385. The van der Waals surface area contributed by atoms with Gasteiger partial charge in [0.15, 0.2) is 0 Å². The van der Waals surface area contributed by atoms with E-state index in [0.29, 0.717) is 18.7 Å². The fourth-order valence-corrected chi connectivity index (χ4v) is 0.960. The van der Waals surface area contributed by atoms with Crippen LogP contribution < -0.4 is 5.48 Å². The van der Waals surface area contributed by atoms with E-state index >= 15 is 0 Å². The Hall–Kier alpha value is -1.44. The summed E-state index contributed by atoms with van der Waals surface area (Å²) in [6.45, 7) is 18.9. The average molecular weight is 392 g/mol. The van der Waals surface area contributed by atoms with Gasteiger partial charge in [-0.15, -0.1) is 0 Å². The molecule has 0 saturated heterocycles. The van der Waals surface area contributed by atoms with Crippen molar-refractivity contribution < 1.29 is 29.0 Å². The first-order chi connectivity index (χ1) is 12.5. The molecule has 0 heterocycles. The first-order valence-electron chi connectivity index (χ1n) is 9.57. The molecule has 0 bridgehead atoms. The van der Waals surface area contributed by atoms with E-state index in [1.165, 1.54) is 6.92 Å². The van der Waals surface area contributed by atoms with Crippen molar-refractivity contribution in [1.29, 1.82) is 0 Å². The van der Waals surface area contributed by atoms with Crippen molar-refractivity contribution in [2.45, 2.75) is 93.0 Å². The van der Waals surface area contributed by atoms with Crippen LogP contribution in [0.1, 0.15) is 74.7 Å². The number of hydrogen-bond acceptors (Lipinski definition) is 7. The molecule has 0 radical (unpaired) electrons. The van der Waals surface area contributed by atoms with Crippen molar-refractivity contribution in [3.63, 3.8) is 0 Å². The largest absolute Gasteiger partial charge is 0.463 e. The molecule has 0 aromatic carbocycles. The molecule has 7 heteroatoms. The molecule has 3 unspecified atom stereocenters.